The summed E-state index contributed by atoms with van der Waals surface area (Å²) in [7, 11) is -2.42. The van der Waals surface area contributed by atoms with E-state index in [4.69, 9.17) is 9.88 Å². The first-order chi connectivity index (χ1) is 9.86. The molecule has 2 rings (SSSR count). The summed E-state index contributed by atoms with van der Waals surface area (Å²) in [6.45, 7) is 2.11. The molecule has 6 nitrogen and oxygen atoms in total. The van der Waals surface area contributed by atoms with Crippen LogP contribution in [0.15, 0.2) is 23.1 Å². The number of benzene rings is 1. The molecule has 2 atom stereocenters. The molecule has 21 heavy (non-hydrogen) atoms. The van der Waals surface area contributed by atoms with E-state index in [0.29, 0.717) is 11.7 Å². The molecule has 0 radical (unpaired) electrons. The van der Waals surface area contributed by atoms with E-state index in [1.165, 1.54) is 25.3 Å². The molecule has 0 aliphatic heterocycles. The largest absolute Gasteiger partial charge is 0.496 e. The Hall–Kier alpha value is -1.60. The van der Waals surface area contributed by atoms with Crippen LogP contribution < -0.4 is 15.2 Å². The van der Waals surface area contributed by atoms with Crippen LogP contribution in [0.5, 0.6) is 5.75 Å². The number of nitrogens with one attached hydrogen (secondary N) is 1. The van der Waals surface area contributed by atoms with Crippen LogP contribution in [0.1, 0.15) is 36.5 Å². The van der Waals surface area contributed by atoms with Gasteiger partial charge in [0.15, 0.2) is 0 Å². The Labute approximate surface area is 124 Å². The molecular formula is C14H20N2O4S. The van der Waals surface area contributed by atoms with Crippen LogP contribution >= 0.6 is 0 Å². The Morgan fingerprint density at radius 3 is 2.76 bits per heavy atom. The number of amides is 1. The second kappa shape index (κ2) is 6.03. The first-order valence-corrected chi connectivity index (χ1v) is 8.43. The van der Waals surface area contributed by atoms with Crippen molar-refractivity contribution in [1.29, 1.82) is 0 Å². The summed E-state index contributed by atoms with van der Waals surface area (Å²) >= 11 is 0. The first kappa shape index (κ1) is 15.8. The number of carbonyl (C=O) groups excluding carboxylic acids is 1. The molecule has 1 fully saturated rings. The van der Waals surface area contributed by atoms with Crippen LogP contribution in [-0.4, -0.2) is 27.5 Å². The van der Waals surface area contributed by atoms with Gasteiger partial charge in [-0.1, -0.05) is 13.3 Å². The minimum Gasteiger partial charge on any atom is -0.496 e. The van der Waals surface area contributed by atoms with Gasteiger partial charge in [-0.15, -0.1) is 0 Å². The second-order valence-corrected chi connectivity index (χ2v) is 6.83. The number of hydrogen-bond donors (Lipinski definition) is 2. The highest BCUT2D eigenvalue weighted by molar-refractivity contribution is 7.89. The molecule has 1 amide bonds. The Morgan fingerprint density at radius 2 is 2.19 bits per heavy atom. The number of sulfonamides is 1. The molecule has 1 aromatic carbocycles. The molecule has 1 saturated carbocycles. The number of hydrogen-bond acceptors (Lipinski definition) is 4. The average Bonchev–Trinajstić information content (AvgIpc) is 3.15. The van der Waals surface area contributed by atoms with Crippen molar-refractivity contribution < 1.29 is 17.9 Å². The fraction of sp³-hybridized carbons (Fsp3) is 0.500. The van der Waals surface area contributed by atoms with Crippen LogP contribution in [0.2, 0.25) is 0 Å². The summed E-state index contributed by atoms with van der Waals surface area (Å²) in [6, 6.07) is 4.17. The molecule has 0 heterocycles. The molecule has 7 heteroatoms. The molecule has 0 bridgehead atoms. The van der Waals surface area contributed by atoms with Crippen molar-refractivity contribution in [3.8, 4) is 5.75 Å². The van der Waals surface area contributed by atoms with Gasteiger partial charge in [0.05, 0.1) is 17.6 Å². The van der Waals surface area contributed by atoms with E-state index < -0.39 is 10.0 Å². The van der Waals surface area contributed by atoms with Gasteiger partial charge in [0.1, 0.15) is 5.75 Å². The zero-order valence-electron chi connectivity index (χ0n) is 12.1. The molecule has 1 aliphatic carbocycles. The lowest BCUT2D eigenvalue weighted by Crippen LogP contribution is -2.27. The molecule has 116 valence electrons. The fourth-order valence-corrected chi connectivity index (χ4v) is 2.94. The van der Waals surface area contributed by atoms with Gasteiger partial charge in [0.25, 0.3) is 5.91 Å². The van der Waals surface area contributed by atoms with Gasteiger partial charge in [0.2, 0.25) is 10.0 Å². The van der Waals surface area contributed by atoms with Crippen LogP contribution in [0, 0.1) is 5.92 Å². The summed E-state index contributed by atoms with van der Waals surface area (Å²) in [5.41, 5.74) is 0.186. The topological polar surface area (TPSA) is 98.5 Å². The Kier molecular flexibility index (Phi) is 4.53. The Balaban J connectivity index is 2.19. The van der Waals surface area contributed by atoms with Crippen molar-refractivity contribution in [2.24, 2.45) is 11.1 Å². The number of primary sulfonamides is 1. The van der Waals surface area contributed by atoms with Crippen LogP contribution in [-0.2, 0) is 10.0 Å². The maximum atomic E-state index is 12.3. The standard InChI is InChI=1S/C14H20N2O4S/c1-3-4-9-7-12(9)16-14(17)11-8-10(21(15,18)19)5-6-13(11)20-2/h5-6,8-9,12H,3-4,7H2,1-2H3,(H,16,17)(H2,15,18,19). The monoisotopic (exact) mass is 312 g/mol. The van der Waals surface area contributed by atoms with Crippen molar-refractivity contribution in [1.82, 2.24) is 5.32 Å². The average molecular weight is 312 g/mol. The summed E-state index contributed by atoms with van der Waals surface area (Å²) in [6.07, 6.45) is 3.14. The van der Waals surface area contributed by atoms with Gasteiger partial charge in [-0.3, -0.25) is 4.79 Å². The molecule has 2 unspecified atom stereocenters. The van der Waals surface area contributed by atoms with E-state index in [0.717, 1.165) is 19.3 Å². The highest BCUT2D eigenvalue weighted by Crippen LogP contribution is 2.35. The lowest BCUT2D eigenvalue weighted by Gasteiger charge is -2.10. The quantitative estimate of drug-likeness (QED) is 0.826. The Morgan fingerprint density at radius 1 is 1.48 bits per heavy atom. The summed E-state index contributed by atoms with van der Waals surface area (Å²) in [4.78, 5) is 12.2. The van der Waals surface area contributed by atoms with E-state index in [2.05, 4.69) is 12.2 Å². The smallest absolute Gasteiger partial charge is 0.255 e. The summed E-state index contributed by atoms with van der Waals surface area (Å²) < 4.78 is 27.9. The molecule has 0 spiro atoms. The zero-order chi connectivity index (χ0) is 15.6. The number of rotatable bonds is 6. The van der Waals surface area contributed by atoms with Gasteiger partial charge in [-0.25, -0.2) is 13.6 Å². The van der Waals surface area contributed by atoms with Crippen LogP contribution in [0.25, 0.3) is 0 Å². The third kappa shape index (κ3) is 3.74. The zero-order valence-corrected chi connectivity index (χ0v) is 12.9. The lowest BCUT2D eigenvalue weighted by molar-refractivity contribution is 0.0945. The van der Waals surface area contributed by atoms with Crippen molar-refractivity contribution in [3.05, 3.63) is 23.8 Å². The highest BCUT2D eigenvalue weighted by atomic mass is 32.2. The number of ether oxygens (including phenoxy) is 1. The van der Waals surface area contributed by atoms with Crippen molar-refractivity contribution in [3.63, 3.8) is 0 Å². The predicted octanol–water partition coefficient (Wildman–Crippen LogP) is 1.26. The lowest BCUT2D eigenvalue weighted by atomic mass is 10.2. The minimum absolute atomic E-state index is 0.102. The van der Waals surface area contributed by atoms with Gasteiger partial charge in [-0.05, 0) is 37.0 Å². The van der Waals surface area contributed by atoms with Gasteiger partial charge >= 0.3 is 0 Å². The van der Waals surface area contributed by atoms with Crippen molar-refractivity contribution in [2.45, 2.75) is 37.1 Å². The summed E-state index contributed by atoms with van der Waals surface area (Å²) in [5, 5.41) is 8.00. The van der Waals surface area contributed by atoms with Crippen LogP contribution in [0.3, 0.4) is 0 Å². The molecule has 0 saturated heterocycles. The SMILES string of the molecule is CCCC1CC1NC(=O)c1cc(S(N)(=O)=O)ccc1OC. The maximum absolute atomic E-state index is 12.3. The Bertz CT molecular complexity index is 642. The number of methoxy groups -OCH3 is 1. The number of nitrogens with two attached hydrogens (primary N) is 1. The van der Waals surface area contributed by atoms with E-state index in [1.54, 1.807) is 0 Å². The predicted molar refractivity (Wildman–Crippen MR) is 78.6 cm³/mol. The minimum atomic E-state index is -3.85. The van der Waals surface area contributed by atoms with E-state index in [-0.39, 0.29) is 22.4 Å². The first-order valence-electron chi connectivity index (χ1n) is 6.88. The molecule has 1 aliphatic rings. The van der Waals surface area contributed by atoms with E-state index in [1.807, 2.05) is 0 Å². The third-order valence-corrected chi connectivity index (χ3v) is 4.55. The van der Waals surface area contributed by atoms with Crippen LogP contribution in [0.4, 0.5) is 0 Å². The molecular weight excluding hydrogens is 292 g/mol. The fourth-order valence-electron chi connectivity index (χ4n) is 2.40. The van der Waals surface area contributed by atoms with Crippen molar-refractivity contribution in [2.75, 3.05) is 7.11 Å². The second-order valence-electron chi connectivity index (χ2n) is 5.27. The highest BCUT2D eigenvalue weighted by Gasteiger charge is 2.37. The third-order valence-electron chi connectivity index (χ3n) is 3.64. The van der Waals surface area contributed by atoms with Gasteiger partial charge < -0.3 is 10.1 Å². The molecule has 0 aromatic heterocycles. The van der Waals surface area contributed by atoms with Gasteiger partial charge in [-0.2, -0.15) is 0 Å². The van der Waals surface area contributed by atoms with Crippen molar-refractivity contribution >= 4 is 15.9 Å². The molecule has 1 aromatic rings. The van der Waals surface area contributed by atoms with E-state index >= 15 is 0 Å². The molecule has 3 N–H and O–H groups in total. The summed E-state index contributed by atoms with van der Waals surface area (Å²) in [5.74, 6) is 0.514. The normalized spacial score (nSPS) is 20.9. The maximum Gasteiger partial charge on any atom is 0.255 e. The number of carbonyl (C=O) groups is 1. The van der Waals surface area contributed by atoms with E-state index in [9.17, 15) is 13.2 Å². The van der Waals surface area contributed by atoms with Gasteiger partial charge in [0, 0.05) is 6.04 Å².